The Morgan fingerprint density at radius 1 is 1.43 bits per heavy atom. The van der Waals surface area contributed by atoms with Crippen LogP contribution in [0.2, 0.25) is 0 Å². The number of nitrogens with one attached hydrogen (secondary N) is 1. The number of hydrogen-bond donors (Lipinski definition) is 1. The van der Waals surface area contributed by atoms with Gasteiger partial charge in [-0.15, -0.1) is 11.3 Å². The number of likely N-dealkylation sites (tertiary alicyclic amines) is 1. The van der Waals surface area contributed by atoms with Crippen LogP contribution >= 0.6 is 11.3 Å². The van der Waals surface area contributed by atoms with Crippen LogP contribution in [-0.4, -0.2) is 41.6 Å². The highest BCUT2D eigenvalue weighted by Gasteiger charge is 2.18. The lowest BCUT2D eigenvalue weighted by atomic mass is 9.99. The summed E-state index contributed by atoms with van der Waals surface area (Å²) in [6.45, 7) is 6.38. The van der Waals surface area contributed by atoms with Crippen LogP contribution in [0.25, 0.3) is 0 Å². The number of carbonyl (C=O) groups is 1. The fraction of sp³-hybridized carbons (Fsp3) is 0.765. The van der Waals surface area contributed by atoms with Crippen molar-refractivity contribution in [1.82, 2.24) is 9.88 Å². The van der Waals surface area contributed by atoms with Gasteiger partial charge in [0.25, 0.3) is 0 Å². The van der Waals surface area contributed by atoms with Gasteiger partial charge in [0.05, 0.1) is 11.8 Å². The summed E-state index contributed by atoms with van der Waals surface area (Å²) in [5.74, 6) is 0.897. The highest BCUT2D eigenvalue weighted by Crippen LogP contribution is 2.22. The zero-order valence-corrected chi connectivity index (χ0v) is 14.7. The van der Waals surface area contributed by atoms with E-state index in [9.17, 15) is 4.79 Å². The van der Waals surface area contributed by atoms with Crippen LogP contribution in [0.1, 0.15) is 51.1 Å². The van der Waals surface area contributed by atoms with Crippen LogP contribution in [0.15, 0.2) is 5.38 Å². The Bertz CT molecular complexity index is 506. The summed E-state index contributed by atoms with van der Waals surface area (Å²) in [6, 6.07) is 0. The maximum absolute atomic E-state index is 12.0. The van der Waals surface area contributed by atoms with E-state index in [1.165, 1.54) is 24.2 Å². The van der Waals surface area contributed by atoms with Crippen molar-refractivity contribution in [2.24, 2.45) is 5.92 Å². The first-order valence-electron chi connectivity index (χ1n) is 8.77. The number of ether oxygens (including phenoxy) is 1. The van der Waals surface area contributed by atoms with E-state index in [4.69, 9.17) is 4.74 Å². The van der Waals surface area contributed by atoms with Gasteiger partial charge in [0.1, 0.15) is 0 Å². The molecule has 0 aliphatic carbocycles. The largest absolute Gasteiger partial charge is 0.378 e. The maximum atomic E-state index is 12.0. The minimum Gasteiger partial charge on any atom is -0.378 e. The molecule has 6 heteroatoms. The van der Waals surface area contributed by atoms with Crippen molar-refractivity contribution < 1.29 is 9.53 Å². The summed E-state index contributed by atoms with van der Waals surface area (Å²) < 4.78 is 5.55. The van der Waals surface area contributed by atoms with Crippen molar-refractivity contribution in [3.8, 4) is 0 Å². The number of piperidine rings is 1. The van der Waals surface area contributed by atoms with Gasteiger partial charge in [-0.25, -0.2) is 4.98 Å². The van der Waals surface area contributed by atoms with Gasteiger partial charge in [0.2, 0.25) is 5.91 Å². The molecule has 1 N–H and O–H groups in total. The van der Waals surface area contributed by atoms with Crippen LogP contribution in [-0.2, 0) is 16.1 Å². The molecule has 0 aromatic carbocycles. The Morgan fingerprint density at radius 3 is 3.00 bits per heavy atom. The van der Waals surface area contributed by atoms with E-state index in [0.717, 1.165) is 62.2 Å². The fourth-order valence-corrected chi connectivity index (χ4v) is 3.95. The Labute approximate surface area is 142 Å². The molecule has 2 saturated heterocycles. The molecule has 0 saturated carbocycles. The Hall–Kier alpha value is -0.980. The second kappa shape index (κ2) is 8.22. The zero-order valence-electron chi connectivity index (χ0n) is 13.9. The second-order valence-electron chi connectivity index (χ2n) is 6.82. The van der Waals surface area contributed by atoms with Crippen LogP contribution in [0.4, 0.5) is 5.13 Å². The number of nitrogens with zero attached hydrogens (tertiary/aromatic N) is 2. The summed E-state index contributed by atoms with van der Waals surface area (Å²) in [4.78, 5) is 19.0. The van der Waals surface area contributed by atoms with Gasteiger partial charge in [0, 0.05) is 25.0 Å². The number of aromatic nitrogens is 1. The smallest absolute Gasteiger partial charge is 0.226 e. The molecule has 0 unspecified atom stereocenters. The van der Waals surface area contributed by atoms with E-state index >= 15 is 0 Å². The molecule has 3 rings (SSSR count). The van der Waals surface area contributed by atoms with Gasteiger partial charge in [-0.1, -0.05) is 6.92 Å². The molecule has 3 heterocycles. The van der Waals surface area contributed by atoms with Crippen molar-refractivity contribution in [1.29, 1.82) is 0 Å². The summed E-state index contributed by atoms with van der Waals surface area (Å²) in [5.41, 5.74) is 1.07. The molecule has 2 fully saturated rings. The summed E-state index contributed by atoms with van der Waals surface area (Å²) in [5, 5.41) is 5.71. The monoisotopic (exact) mass is 337 g/mol. The normalized spacial score (nSPS) is 23.3. The van der Waals surface area contributed by atoms with Gasteiger partial charge in [0.15, 0.2) is 5.13 Å². The van der Waals surface area contributed by atoms with Crippen LogP contribution in [0, 0.1) is 5.92 Å². The lowest BCUT2D eigenvalue weighted by Gasteiger charge is -2.29. The van der Waals surface area contributed by atoms with E-state index in [1.54, 1.807) is 0 Å². The molecule has 128 valence electrons. The first-order chi connectivity index (χ1) is 11.2. The molecular weight excluding hydrogens is 310 g/mol. The van der Waals surface area contributed by atoms with Crippen LogP contribution in [0.3, 0.4) is 0 Å². The molecule has 5 nitrogen and oxygen atoms in total. The molecule has 1 amide bonds. The second-order valence-corrected chi connectivity index (χ2v) is 7.68. The standard InChI is InChI=1S/C17H27N3O2S/c1-13-6-8-20(9-7-13)11-14-12-23-17(18-14)19-16(21)5-4-15-3-2-10-22-15/h12-13,15H,2-11H2,1H3,(H,18,19,21)/t15-/m0/s1. The molecule has 0 bridgehead atoms. The lowest BCUT2D eigenvalue weighted by molar-refractivity contribution is -0.116. The molecule has 2 aliphatic rings. The van der Waals surface area contributed by atoms with E-state index < -0.39 is 0 Å². The summed E-state index contributed by atoms with van der Waals surface area (Å²) in [7, 11) is 0. The summed E-state index contributed by atoms with van der Waals surface area (Å²) in [6.07, 6.45) is 6.36. The van der Waals surface area contributed by atoms with Gasteiger partial charge < -0.3 is 10.1 Å². The van der Waals surface area contributed by atoms with Crippen molar-refractivity contribution in [2.45, 2.75) is 58.1 Å². The van der Waals surface area contributed by atoms with E-state index in [2.05, 4.69) is 27.5 Å². The van der Waals surface area contributed by atoms with Crippen LogP contribution in [0.5, 0.6) is 0 Å². The third-order valence-electron chi connectivity index (χ3n) is 4.78. The van der Waals surface area contributed by atoms with E-state index in [1.807, 2.05) is 0 Å². The SMILES string of the molecule is CC1CCN(Cc2csc(NC(=O)CC[C@@H]3CCCO3)n2)CC1. The molecule has 2 aliphatic heterocycles. The molecule has 1 aromatic heterocycles. The quantitative estimate of drug-likeness (QED) is 0.865. The lowest BCUT2D eigenvalue weighted by Crippen LogP contribution is -2.32. The number of thiazole rings is 1. The molecule has 23 heavy (non-hydrogen) atoms. The Kier molecular flexibility index (Phi) is 6.02. The number of carbonyl (C=O) groups excluding carboxylic acids is 1. The first kappa shape index (κ1) is 16.9. The van der Waals surface area contributed by atoms with E-state index in [-0.39, 0.29) is 12.0 Å². The van der Waals surface area contributed by atoms with Gasteiger partial charge in [-0.3, -0.25) is 9.69 Å². The Balaban J connectivity index is 1.40. The molecular formula is C17H27N3O2S. The molecule has 0 radical (unpaired) electrons. The third-order valence-corrected chi connectivity index (χ3v) is 5.58. The number of hydrogen-bond acceptors (Lipinski definition) is 5. The van der Waals surface area contributed by atoms with Gasteiger partial charge in [-0.05, 0) is 51.1 Å². The van der Waals surface area contributed by atoms with Crippen molar-refractivity contribution >= 4 is 22.4 Å². The highest BCUT2D eigenvalue weighted by atomic mass is 32.1. The number of amides is 1. The molecule has 1 aromatic rings. The first-order valence-corrected chi connectivity index (χ1v) is 9.65. The third kappa shape index (κ3) is 5.26. The van der Waals surface area contributed by atoms with Crippen molar-refractivity contribution in [3.05, 3.63) is 11.1 Å². The van der Waals surface area contributed by atoms with Gasteiger partial charge in [-0.2, -0.15) is 0 Å². The Morgan fingerprint density at radius 2 is 2.26 bits per heavy atom. The average molecular weight is 337 g/mol. The number of anilines is 1. The van der Waals surface area contributed by atoms with Crippen molar-refractivity contribution in [2.75, 3.05) is 25.0 Å². The molecule has 0 spiro atoms. The molecule has 1 atom stereocenters. The predicted octanol–water partition coefficient (Wildman–Crippen LogP) is 3.27. The zero-order chi connectivity index (χ0) is 16.1. The fourth-order valence-electron chi connectivity index (χ4n) is 3.23. The highest BCUT2D eigenvalue weighted by molar-refractivity contribution is 7.13. The minimum atomic E-state index is 0.0493. The van der Waals surface area contributed by atoms with Crippen molar-refractivity contribution in [3.63, 3.8) is 0 Å². The average Bonchev–Trinajstić information content (AvgIpc) is 3.20. The number of rotatable bonds is 6. The topological polar surface area (TPSA) is 54.5 Å². The minimum absolute atomic E-state index is 0.0493. The summed E-state index contributed by atoms with van der Waals surface area (Å²) >= 11 is 1.52. The van der Waals surface area contributed by atoms with Gasteiger partial charge >= 0.3 is 0 Å². The van der Waals surface area contributed by atoms with Crippen LogP contribution < -0.4 is 5.32 Å². The maximum Gasteiger partial charge on any atom is 0.226 e. The van der Waals surface area contributed by atoms with E-state index in [0.29, 0.717) is 6.42 Å². The predicted molar refractivity (Wildman–Crippen MR) is 92.6 cm³/mol.